The normalized spacial score (nSPS) is 10.5. The number of carbonyl (C=O) groups is 1. The fraction of sp³-hybridized carbons (Fsp3) is 0.158. The van der Waals surface area contributed by atoms with E-state index in [-0.39, 0.29) is 12.5 Å². The standard InChI is InChI=1S/C19H18ClN3OS/c1-13-5-2-3-8-17(13)21-12-18(24)23-19-22-11-16(25-19)10-14-6-4-7-15(20)9-14/h2-9,11,21H,10,12H2,1H3,(H,22,23,24). The van der Waals surface area contributed by atoms with Gasteiger partial charge in [0.05, 0.1) is 6.54 Å². The molecule has 0 bridgehead atoms. The van der Waals surface area contributed by atoms with E-state index in [0.29, 0.717) is 5.13 Å². The number of rotatable bonds is 6. The van der Waals surface area contributed by atoms with Crippen LogP contribution in [-0.4, -0.2) is 17.4 Å². The first-order valence-corrected chi connectivity index (χ1v) is 9.08. The van der Waals surface area contributed by atoms with Crippen LogP contribution in [-0.2, 0) is 11.2 Å². The van der Waals surface area contributed by atoms with Gasteiger partial charge < -0.3 is 10.6 Å². The van der Waals surface area contributed by atoms with Crippen LogP contribution < -0.4 is 10.6 Å². The molecule has 1 heterocycles. The largest absolute Gasteiger partial charge is 0.376 e. The Morgan fingerprint density at radius 1 is 1.20 bits per heavy atom. The van der Waals surface area contributed by atoms with Crippen molar-refractivity contribution in [3.63, 3.8) is 0 Å². The van der Waals surface area contributed by atoms with Gasteiger partial charge >= 0.3 is 0 Å². The number of hydrogen-bond donors (Lipinski definition) is 2. The first kappa shape index (κ1) is 17.5. The SMILES string of the molecule is Cc1ccccc1NCC(=O)Nc1ncc(Cc2cccc(Cl)c2)s1. The predicted molar refractivity (Wildman–Crippen MR) is 105 cm³/mol. The molecule has 6 heteroatoms. The van der Waals surface area contributed by atoms with Gasteiger partial charge in [0.25, 0.3) is 0 Å². The van der Waals surface area contributed by atoms with Crippen LogP contribution in [0.4, 0.5) is 10.8 Å². The van der Waals surface area contributed by atoms with Crippen molar-refractivity contribution < 1.29 is 4.79 Å². The fourth-order valence-corrected chi connectivity index (χ4v) is 3.48. The zero-order valence-corrected chi connectivity index (χ0v) is 15.3. The van der Waals surface area contributed by atoms with E-state index in [0.717, 1.165) is 33.1 Å². The third-order valence-corrected chi connectivity index (χ3v) is 4.80. The van der Waals surface area contributed by atoms with E-state index in [2.05, 4.69) is 15.6 Å². The van der Waals surface area contributed by atoms with Crippen LogP contribution >= 0.6 is 22.9 Å². The monoisotopic (exact) mass is 371 g/mol. The molecule has 2 aromatic carbocycles. The van der Waals surface area contributed by atoms with E-state index < -0.39 is 0 Å². The molecule has 1 aromatic heterocycles. The van der Waals surface area contributed by atoms with E-state index in [1.54, 1.807) is 6.20 Å². The Kier molecular flexibility index (Phi) is 5.68. The summed E-state index contributed by atoms with van der Waals surface area (Å²) >= 11 is 7.48. The van der Waals surface area contributed by atoms with Crippen molar-refractivity contribution >= 4 is 39.7 Å². The highest BCUT2D eigenvalue weighted by molar-refractivity contribution is 7.15. The lowest BCUT2D eigenvalue weighted by molar-refractivity contribution is -0.114. The van der Waals surface area contributed by atoms with Crippen molar-refractivity contribution in [3.8, 4) is 0 Å². The van der Waals surface area contributed by atoms with Gasteiger partial charge in [-0.15, -0.1) is 11.3 Å². The number of benzene rings is 2. The van der Waals surface area contributed by atoms with Crippen LogP contribution in [0.25, 0.3) is 0 Å². The first-order valence-electron chi connectivity index (χ1n) is 7.88. The molecule has 0 aliphatic heterocycles. The van der Waals surface area contributed by atoms with Crippen LogP contribution in [0.2, 0.25) is 5.02 Å². The molecule has 0 saturated heterocycles. The van der Waals surface area contributed by atoms with Crippen molar-refractivity contribution in [2.75, 3.05) is 17.2 Å². The molecule has 0 saturated carbocycles. The number of thiazole rings is 1. The molecular formula is C19H18ClN3OS. The number of nitrogens with zero attached hydrogens (tertiary/aromatic N) is 1. The highest BCUT2D eigenvalue weighted by Crippen LogP contribution is 2.22. The second-order valence-electron chi connectivity index (χ2n) is 5.66. The minimum atomic E-state index is -0.119. The molecule has 3 rings (SSSR count). The first-order chi connectivity index (χ1) is 12.1. The van der Waals surface area contributed by atoms with Crippen molar-refractivity contribution in [1.29, 1.82) is 0 Å². The molecule has 0 fully saturated rings. The number of aryl methyl sites for hydroxylation is 1. The molecule has 0 aliphatic rings. The molecule has 128 valence electrons. The molecule has 3 aromatic rings. The fourth-order valence-electron chi connectivity index (χ4n) is 2.41. The van der Waals surface area contributed by atoms with E-state index >= 15 is 0 Å². The highest BCUT2D eigenvalue weighted by atomic mass is 35.5. The molecule has 0 atom stereocenters. The Morgan fingerprint density at radius 3 is 2.84 bits per heavy atom. The minimum absolute atomic E-state index is 0.119. The Labute approximate surface area is 155 Å². The summed E-state index contributed by atoms with van der Waals surface area (Å²) in [7, 11) is 0. The summed E-state index contributed by atoms with van der Waals surface area (Å²) in [6.07, 6.45) is 2.53. The van der Waals surface area contributed by atoms with Crippen molar-refractivity contribution in [2.45, 2.75) is 13.3 Å². The van der Waals surface area contributed by atoms with Gasteiger partial charge in [0.15, 0.2) is 5.13 Å². The summed E-state index contributed by atoms with van der Waals surface area (Å²) < 4.78 is 0. The maximum atomic E-state index is 12.1. The molecule has 2 N–H and O–H groups in total. The van der Waals surface area contributed by atoms with Crippen molar-refractivity contribution in [2.24, 2.45) is 0 Å². The van der Waals surface area contributed by atoms with Crippen molar-refractivity contribution in [1.82, 2.24) is 4.98 Å². The van der Waals surface area contributed by atoms with Crippen LogP contribution in [0.1, 0.15) is 16.0 Å². The number of nitrogens with one attached hydrogen (secondary N) is 2. The topological polar surface area (TPSA) is 54.0 Å². The van der Waals surface area contributed by atoms with Gasteiger partial charge in [-0.3, -0.25) is 4.79 Å². The second kappa shape index (κ2) is 8.14. The van der Waals surface area contributed by atoms with Gasteiger partial charge in [-0.25, -0.2) is 4.98 Å². The Hall–Kier alpha value is -2.37. The molecule has 25 heavy (non-hydrogen) atoms. The van der Waals surface area contributed by atoms with Gasteiger partial charge in [0.1, 0.15) is 0 Å². The number of aromatic nitrogens is 1. The van der Waals surface area contributed by atoms with Crippen LogP contribution in [0.3, 0.4) is 0 Å². The molecule has 0 spiro atoms. The molecule has 4 nitrogen and oxygen atoms in total. The Bertz CT molecular complexity index is 878. The second-order valence-corrected chi connectivity index (χ2v) is 7.21. The number of anilines is 2. The number of amides is 1. The van der Waals surface area contributed by atoms with E-state index in [1.807, 2.05) is 55.5 Å². The molecular weight excluding hydrogens is 354 g/mol. The predicted octanol–water partition coefficient (Wildman–Crippen LogP) is 4.75. The average molecular weight is 372 g/mol. The summed E-state index contributed by atoms with van der Waals surface area (Å²) in [5.74, 6) is -0.119. The molecule has 0 unspecified atom stereocenters. The van der Waals surface area contributed by atoms with E-state index in [1.165, 1.54) is 11.3 Å². The molecule has 0 aliphatic carbocycles. The summed E-state index contributed by atoms with van der Waals surface area (Å²) in [5, 5.41) is 7.29. The third-order valence-electron chi connectivity index (χ3n) is 3.65. The van der Waals surface area contributed by atoms with E-state index in [4.69, 9.17) is 11.6 Å². The van der Waals surface area contributed by atoms with Gasteiger partial charge in [-0.1, -0.05) is 41.9 Å². The zero-order chi connectivity index (χ0) is 17.6. The van der Waals surface area contributed by atoms with Gasteiger partial charge in [-0.05, 0) is 36.2 Å². The number of para-hydroxylation sites is 1. The average Bonchev–Trinajstić information content (AvgIpc) is 3.01. The highest BCUT2D eigenvalue weighted by Gasteiger charge is 2.08. The number of hydrogen-bond acceptors (Lipinski definition) is 4. The van der Waals surface area contributed by atoms with Gasteiger partial charge in [0, 0.05) is 28.2 Å². The van der Waals surface area contributed by atoms with Gasteiger partial charge in [-0.2, -0.15) is 0 Å². The summed E-state index contributed by atoms with van der Waals surface area (Å²) in [6.45, 7) is 2.21. The number of halogens is 1. The third kappa shape index (κ3) is 5.05. The smallest absolute Gasteiger partial charge is 0.245 e. The molecule has 1 amide bonds. The number of carbonyl (C=O) groups excluding carboxylic acids is 1. The van der Waals surface area contributed by atoms with Crippen LogP contribution in [0, 0.1) is 6.92 Å². The van der Waals surface area contributed by atoms with Gasteiger partial charge in [0.2, 0.25) is 5.91 Å². The quantitative estimate of drug-likeness (QED) is 0.657. The summed E-state index contributed by atoms with van der Waals surface area (Å²) in [5.41, 5.74) is 3.18. The lowest BCUT2D eigenvalue weighted by Gasteiger charge is -2.08. The molecule has 0 radical (unpaired) electrons. The lowest BCUT2D eigenvalue weighted by Crippen LogP contribution is -2.21. The van der Waals surface area contributed by atoms with E-state index in [9.17, 15) is 4.79 Å². The summed E-state index contributed by atoms with van der Waals surface area (Å²) in [6, 6.07) is 15.6. The van der Waals surface area contributed by atoms with Crippen molar-refractivity contribution in [3.05, 3.63) is 75.8 Å². The summed E-state index contributed by atoms with van der Waals surface area (Å²) in [4.78, 5) is 17.4. The maximum Gasteiger partial charge on any atom is 0.245 e. The maximum absolute atomic E-state index is 12.1. The Balaban J connectivity index is 1.54. The van der Waals surface area contributed by atoms with Crippen LogP contribution in [0.5, 0.6) is 0 Å². The minimum Gasteiger partial charge on any atom is -0.376 e. The lowest BCUT2D eigenvalue weighted by atomic mass is 10.1. The zero-order valence-electron chi connectivity index (χ0n) is 13.8. The van der Waals surface area contributed by atoms with Crippen LogP contribution in [0.15, 0.2) is 54.7 Å². The Morgan fingerprint density at radius 2 is 2.04 bits per heavy atom.